The van der Waals surface area contributed by atoms with E-state index in [1.807, 2.05) is 30.3 Å². The van der Waals surface area contributed by atoms with Gasteiger partial charge in [0.25, 0.3) is 5.91 Å². The molecule has 116 valence electrons. The average molecular weight is 305 g/mol. The molecule has 3 aromatic rings. The number of nitrogens with one attached hydrogen (secondary N) is 1. The van der Waals surface area contributed by atoms with E-state index in [1.54, 1.807) is 13.0 Å². The van der Waals surface area contributed by atoms with Crippen molar-refractivity contribution in [1.29, 1.82) is 0 Å². The number of rotatable bonds is 4. The Morgan fingerprint density at radius 2 is 1.57 bits per heavy atom. The minimum atomic E-state index is -0.196. The minimum Gasteiger partial charge on any atom is -0.469 e. The predicted molar refractivity (Wildman–Crippen MR) is 90.4 cm³/mol. The van der Waals surface area contributed by atoms with Gasteiger partial charge in [-0.3, -0.25) is 4.79 Å². The normalized spacial score (nSPS) is 11.9. The van der Waals surface area contributed by atoms with Crippen LogP contribution in [0.25, 0.3) is 0 Å². The van der Waals surface area contributed by atoms with Crippen molar-refractivity contribution in [3.05, 3.63) is 94.9 Å². The summed E-state index contributed by atoms with van der Waals surface area (Å²) in [7, 11) is 0. The third kappa shape index (κ3) is 3.34. The zero-order valence-corrected chi connectivity index (χ0v) is 13.2. The molecule has 0 aliphatic carbocycles. The lowest BCUT2D eigenvalue weighted by Gasteiger charge is -2.20. The Balaban J connectivity index is 1.94. The van der Waals surface area contributed by atoms with Crippen molar-refractivity contribution in [2.75, 3.05) is 0 Å². The number of hydrogen-bond donors (Lipinski definition) is 1. The summed E-state index contributed by atoms with van der Waals surface area (Å²) in [5.74, 6) is 0.490. The zero-order valence-electron chi connectivity index (χ0n) is 13.2. The first kappa shape index (κ1) is 15.1. The third-order valence-electron chi connectivity index (χ3n) is 3.92. The number of carbonyl (C=O) groups is 1. The topological polar surface area (TPSA) is 42.2 Å². The van der Waals surface area contributed by atoms with Crippen LogP contribution in [-0.2, 0) is 0 Å². The van der Waals surface area contributed by atoms with Gasteiger partial charge in [0.05, 0.1) is 17.9 Å². The molecule has 0 bridgehead atoms. The summed E-state index contributed by atoms with van der Waals surface area (Å²) in [6.45, 7) is 3.84. The molecular formula is C20H19NO2. The summed E-state index contributed by atoms with van der Waals surface area (Å²) in [5.41, 5.74) is 3.86. The van der Waals surface area contributed by atoms with E-state index in [0.29, 0.717) is 11.3 Å². The van der Waals surface area contributed by atoms with Gasteiger partial charge in [-0.05, 0) is 31.0 Å². The quantitative estimate of drug-likeness (QED) is 0.775. The smallest absolute Gasteiger partial charge is 0.255 e. The molecule has 1 heterocycles. The van der Waals surface area contributed by atoms with Gasteiger partial charge >= 0.3 is 0 Å². The molecule has 3 heteroatoms. The minimum absolute atomic E-state index is 0.134. The highest BCUT2D eigenvalue weighted by Gasteiger charge is 2.19. The van der Waals surface area contributed by atoms with Crippen LogP contribution in [0.2, 0.25) is 0 Å². The fourth-order valence-electron chi connectivity index (χ4n) is 2.59. The maximum absolute atomic E-state index is 12.6. The lowest BCUT2D eigenvalue weighted by atomic mass is 9.97. The van der Waals surface area contributed by atoms with E-state index in [9.17, 15) is 4.79 Å². The van der Waals surface area contributed by atoms with Gasteiger partial charge in [-0.2, -0.15) is 0 Å². The van der Waals surface area contributed by atoms with Gasteiger partial charge in [-0.25, -0.2) is 0 Å². The van der Waals surface area contributed by atoms with Crippen LogP contribution in [0.3, 0.4) is 0 Å². The monoisotopic (exact) mass is 305 g/mol. The second-order valence-electron chi connectivity index (χ2n) is 5.62. The van der Waals surface area contributed by atoms with Crippen LogP contribution in [0.15, 0.2) is 71.3 Å². The first-order valence-corrected chi connectivity index (χ1v) is 7.61. The van der Waals surface area contributed by atoms with Crippen molar-refractivity contribution in [3.63, 3.8) is 0 Å². The molecule has 0 saturated heterocycles. The molecule has 0 aliphatic heterocycles. The van der Waals surface area contributed by atoms with E-state index in [2.05, 4.69) is 36.5 Å². The first-order chi connectivity index (χ1) is 11.1. The van der Waals surface area contributed by atoms with Gasteiger partial charge in [0.2, 0.25) is 0 Å². The maximum atomic E-state index is 12.6. The summed E-state index contributed by atoms with van der Waals surface area (Å²) in [5, 5.41) is 3.11. The number of aryl methyl sites for hydroxylation is 2. The number of hydrogen-bond acceptors (Lipinski definition) is 2. The number of furan rings is 1. The fourth-order valence-corrected chi connectivity index (χ4v) is 2.59. The van der Waals surface area contributed by atoms with Gasteiger partial charge in [0.15, 0.2) is 0 Å². The zero-order chi connectivity index (χ0) is 16.2. The Kier molecular flexibility index (Phi) is 4.29. The van der Waals surface area contributed by atoms with Gasteiger partial charge in [-0.1, -0.05) is 60.2 Å². The van der Waals surface area contributed by atoms with E-state index >= 15 is 0 Å². The molecule has 0 spiro atoms. The molecule has 0 fully saturated rings. The van der Waals surface area contributed by atoms with Crippen LogP contribution in [0.4, 0.5) is 0 Å². The number of carbonyl (C=O) groups excluding carboxylic acids is 1. The lowest BCUT2D eigenvalue weighted by molar-refractivity contribution is 0.0941. The van der Waals surface area contributed by atoms with E-state index in [0.717, 1.165) is 11.1 Å². The summed E-state index contributed by atoms with van der Waals surface area (Å²) < 4.78 is 5.23. The molecular weight excluding hydrogens is 286 g/mol. The largest absolute Gasteiger partial charge is 0.469 e. The summed E-state index contributed by atoms with van der Waals surface area (Å²) in [6, 6.07) is 19.7. The highest BCUT2D eigenvalue weighted by atomic mass is 16.3. The van der Waals surface area contributed by atoms with Gasteiger partial charge < -0.3 is 9.73 Å². The molecule has 3 rings (SSSR count). The Bertz CT molecular complexity index is 788. The standard InChI is InChI=1S/C20H19NO2/c1-14-8-10-17(11-9-14)19(16-6-4-3-5-7-16)21-20(22)18-12-13-23-15(18)2/h3-13,19H,1-2H3,(H,21,22). The van der Waals surface area contributed by atoms with Crippen LogP contribution in [0.5, 0.6) is 0 Å². The van der Waals surface area contributed by atoms with E-state index < -0.39 is 0 Å². The van der Waals surface area contributed by atoms with E-state index in [1.165, 1.54) is 11.8 Å². The summed E-state index contributed by atoms with van der Waals surface area (Å²) >= 11 is 0. The Labute approximate surface area is 136 Å². The Morgan fingerprint density at radius 3 is 2.17 bits per heavy atom. The number of amides is 1. The molecule has 3 nitrogen and oxygen atoms in total. The Hall–Kier alpha value is -2.81. The van der Waals surface area contributed by atoms with Crippen LogP contribution in [-0.4, -0.2) is 5.91 Å². The number of benzene rings is 2. The second kappa shape index (κ2) is 6.53. The van der Waals surface area contributed by atoms with Crippen molar-refractivity contribution < 1.29 is 9.21 Å². The molecule has 1 amide bonds. The van der Waals surface area contributed by atoms with Crippen molar-refractivity contribution >= 4 is 5.91 Å². The van der Waals surface area contributed by atoms with Gasteiger partial charge in [0, 0.05) is 0 Å². The van der Waals surface area contributed by atoms with Crippen molar-refractivity contribution in [2.45, 2.75) is 19.9 Å². The van der Waals surface area contributed by atoms with Crippen LogP contribution in [0.1, 0.15) is 38.9 Å². The van der Waals surface area contributed by atoms with Gasteiger partial charge in [0.1, 0.15) is 5.76 Å². The van der Waals surface area contributed by atoms with Crippen molar-refractivity contribution in [2.24, 2.45) is 0 Å². The van der Waals surface area contributed by atoms with Gasteiger partial charge in [-0.15, -0.1) is 0 Å². The molecule has 1 unspecified atom stereocenters. The SMILES string of the molecule is Cc1ccc(C(NC(=O)c2ccoc2C)c2ccccc2)cc1. The lowest BCUT2D eigenvalue weighted by Crippen LogP contribution is -2.29. The van der Waals surface area contributed by atoms with Crippen molar-refractivity contribution in [3.8, 4) is 0 Å². The molecule has 0 saturated carbocycles. The third-order valence-corrected chi connectivity index (χ3v) is 3.92. The molecule has 1 aromatic heterocycles. The van der Waals surface area contributed by atoms with Crippen LogP contribution < -0.4 is 5.32 Å². The second-order valence-corrected chi connectivity index (χ2v) is 5.62. The van der Waals surface area contributed by atoms with E-state index in [4.69, 9.17) is 4.42 Å². The average Bonchev–Trinajstić information content (AvgIpc) is 3.00. The van der Waals surface area contributed by atoms with Crippen molar-refractivity contribution in [1.82, 2.24) is 5.32 Å². The molecule has 2 aromatic carbocycles. The Morgan fingerprint density at radius 1 is 0.913 bits per heavy atom. The maximum Gasteiger partial charge on any atom is 0.255 e. The fraction of sp³-hybridized carbons (Fsp3) is 0.150. The highest BCUT2D eigenvalue weighted by Crippen LogP contribution is 2.23. The summed E-state index contributed by atoms with van der Waals surface area (Å²) in [4.78, 5) is 12.6. The molecule has 1 atom stereocenters. The first-order valence-electron chi connectivity index (χ1n) is 7.61. The molecule has 1 N–H and O–H groups in total. The van der Waals surface area contributed by atoms with E-state index in [-0.39, 0.29) is 11.9 Å². The molecule has 0 aliphatic rings. The van der Waals surface area contributed by atoms with Crippen LogP contribution >= 0.6 is 0 Å². The summed E-state index contributed by atoms with van der Waals surface area (Å²) in [6.07, 6.45) is 1.54. The highest BCUT2D eigenvalue weighted by molar-refractivity contribution is 5.95. The molecule has 23 heavy (non-hydrogen) atoms. The predicted octanol–water partition coefficient (Wildman–Crippen LogP) is 4.42. The molecule has 0 radical (unpaired) electrons. The van der Waals surface area contributed by atoms with Crippen LogP contribution in [0, 0.1) is 13.8 Å².